The fraction of sp³-hybridized carbons (Fsp3) is 0.120. The lowest BCUT2D eigenvalue weighted by molar-refractivity contribution is -0.111. The minimum absolute atomic E-state index is 0.245. The van der Waals surface area contributed by atoms with E-state index in [0.717, 1.165) is 16.9 Å². The van der Waals surface area contributed by atoms with E-state index in [1.807, 2.05) is 54.6 Å². The van der Waals surface area contributed by atoms with Gasteiger partial charge in [-0.05, 0) is 41.5 Å². The Morgan fingerprint density at radius 2 is 1.94 bits per heavy atom. The minimum Gasteiger partial charge on any atom is -0.489 e. The topological polar surface area (TPSA) is 111 Å². The van der Waals surface area contributed by atoms with Crippen molar-refractivity contribution in [2.45, 2.75) is 12.7 Å². The molecule has 9 heteroatoms. The second-order valence-corrected chi connectivity index (χ2v) is 7.49. The molecule has 1 aliphatic rings. The number of nitrogens with one attached hydrogen (secondary N) is 2. The summed E-state index contributed by atoms with van der Waals surface area (Å²) in [6.07, 6.45) is 2.66. The quantitative estimate of drug-likeness (QED) is 0.406. The van der Waals surface area contributed by atoms with Crippen LogP contribution < -0.4 is 19.5 Å². The number of fused-ring (bicyclic) bond motifs is 1. The van der Waals surface area contributed by atoms with Crippen LogP contribution in [0.4, 0.5) is 5.69 Å². The molecule has 2 heterocycles. The molecule has 1 unspecified atom stereocenters. The number of nitrogens with zero attached hydrogens (tertiary/aromatic N) is 3. The van der Waals surface area contributed by atoms with E-state index in [-0.39, 0.29) is 12.5 Å². The van der Waals surface area contributed by atoms with E-state index in [4.69, 9.17) is 14.2 Å². The molecule has 0 saturated heterocycles. The van der Waals surface area contributed by atoms with Gasteiger partial charge in [0.1, 0.15) is 19.0 Å². The third-order valence-corrected chi connectivity index (χ3v) is 5.09. The zero-order valence-corrected chi connectivity index (χ0v) is 18.0. The Morgan fingerprint density at radius 3 is 2.74 bits per heavy atom. The van der Waals surface area contributed by atoms with Gasteiger partial charge in [-0.1, -0.05) is 53.7 Å². The summed E-state index contributed by atoms with van der Waals surface area (Å²) in [4.78, 5) is 12.5. The first kappa shape index (κ1) is 21.2. The van der Waals surface area contributed by atoms with Crippen LogP contribution in [0, 0.1) is 0 Å². The number of carbonyl (C=O) groups is 1. The number of hydrogen-bond acceptors (Lipinski definition) is 7. The van der Waals surface area contributed by atoms with E-state index in [1.54, 1.807) is 24.3 Å². The van der Waals surface area contributed by atoms with E-state index in [0.29, 0.717) is 29.6 Å². The first-order valence-electron chi connectivity index (χ1n) is 10.7. The predicted octanol–water partition coefficient (Wildman–Crippen LogP) is 3.94. The molecule has 1 amide bonds. The molecule has 1 aliphatic heterocycles. The monoisotopic (exact) mass is 455 g/mol. The number of anilines is 1. The summed E-state index contributed by atoms with van der Waals surface area (Å²) in [5, 5.41) is 16.7. The summed E-state index contributed by atoms with van der Waals surface area (Å²) in [6, 6.07) is 22.8. The predicted molar refractivity (Wildman–Crippen MR) is 124 cm³/mol. The van der Waals surface area contributed by atoms with Gasteiger partial charge in [-0.15, -0.1) is 10.2 Å². The molecule has 170 valence electrons. The van der Waals surface area contributed by atoms with Crippen molar-refractivity contribution in [3.05, 3.63) is 95.8 Å². The van der Waals surface area contributed by atoms with Crippen LogP contribution in [0.25, 0.3) is 6.08 Å². The Bertz CT molecular complexity index is 1270. The summed E-state index contributed by atoms with van der Waals surface area (Å²) in [7, 11) is 0. The van der Waals surface area contributed by atoms with Crippen molar-refractivity contribution in [3.63, 3.8) is 0 Å². The molecule has 4 aromatic rings. The van der Waals surface area contributed by atoms with Crippen molar-refractivity contribution in [3.8, 4) is 17.2 Å². The van der Waals surface area contributed by atoms with Crippen LogP contribution in [-0.2, 0) is 11.4 Å². The number of hydrogen-bond donors (Lipinski definition) is 2. The molecule has 1 atom stereocenters. The molecule has 0 bridgehead atoms. The van der Waals surface area contributed by atoms with Gasteiger partial charge < -0.3 is 19.5 Å². The van der Waals surface area contributed by atoms with Crippen LogP contribution in [0.1, 0.15) is 23.1 Å². The highest BCUT2D eigenvalue weighted by Gasteiger charge is 2.28. The van der Waals surface area contributed by atoms with Gasteiger partial charge in [0.2, 0.25) is 11.7 Å². The minimum atomic E-state index is -0.525. The van der Waals surface area contributed by atoms with Crippen LogP contribution in [0.15, 0.2) is 78.9 Å². The summed E-state index contributed by atoms with van der Waals surface area (Å²) >= 11 is 0. The van der Waals surface area contributed by atoms with Crippen molar-refractivity contribution >= 4 is 17.7 Å². The van der Waals surface area contributed by atoms with Crippen LogP contribution in [-0.4, -0.2) is 33.1 Å². The van der Waals surface area contributed by atoms with Crippen molar-refractivity contribution < 1.29 is 19.0 Å². The van der Waals surface area contributed by atoms with Gasteiger partial charge in [0.25, 0.3) is 0 Å². The lowest BCUT2D eigenvalue weighted by Crippen LogP contribution is -2.24. The van der Waals surface area contributed by atoms with Crippen molar-refractivity contribution in [1.29, 1.82) is 0 Å². The summed E-state index contributed by atoms with van der Waals surface area (Å²) in [6.45, 7) is 0.744. The van der Waals surface area contributed by atoms with Gasteiger partial charge in [-0.2, -0.15) is 5.21 Å². The molecule has 0 radical (unpaired) electrons. The molecular weight excluding hydrogens is 434 g/mol. The maximum atomic E-state index is 12.5. The van der Waals surface area contributed by atoms with E-state index in [2.05, 4.69) is 25.9 Å². The van der Waals surface area contributed by atoms with Gasteiger partial charge in [0.05, 0.1) is 5.69 Å². The van der Waals surface area contributed by atoms with Gasteiger partial charge in [0.15, 0.2) is 17.6 Å². The normalized spacial score (nSPS) is 14.6. The zero-order chi connectivity index (χ0) is 23.2. The molecule has 3 aromatic carbocycles. The van der Waals surface area contributed by atoms with E-state index in [9.17, 15) is 4.79 Å². The fourth-order valence-corrected chi connectivity index (χ4v) is 3.39. The van der Waals surface area contributed by atoms with Crippen molar-refractivity contribution in [1.82, 2.24) is 20.6 Å². The van der Waals surface area contributed by atoms with Crippen LogP contribution >= 0.6 is 0 Å². The first-order valence-corrected chi connectivity index (χ1v) is 10.7. The number of rotatable bonds is 7. The number of tetrazole rings is 1. The Morgan fingerprint density at radius 1 is 1.09 bits per heavy atom. The second kappa shape index (κ2) is 9.86. The van der Waals surface area contributed by atoms with Crippen LogP contribution in [0.3, 0.4) is 0 Å². The molecule has 0 saturated carbocycles. The Labute approximate surface area is 195 Å². The number of para-hydroxylation sites is 1. The molecular formula is C25H21N5O4. The van der Waals surface area contributed by atoms with E-state index in [1.165, 1.54) is 6.08 Å². The number of amides is 1. The number of H-pyrrole nitrogens is 1. The summed E-state index contributed by atoms with van der Waals surface area (Å²) < 4.78 is 17.5. The first-order chi connectivity index (χ1) is 16.7. The van der Waals surface area contributed by atoms with Crippen molar-refractivity contribution in [2.75, 3.05) is 11.9 Å². The van der Waals surface area contributed by atoms with Gasteiger partial charge in [0, 0.05) is 6.08 Å². The Hall–Kier alpha value is -4.66. The van der Waals surface area contributed by atoms with Gasteiger partial charge >= 0.3 is 0 Å². The standard InChI is InChI=1S/C25H21N5O4/c31-23(14-11-17-9-12-19(13-10-17)32-15-18-5-2-1-3-6-18)26-20-7-4-8-21-24(20)34-22(16-33-21)25-27-29-30-28-25/h1-14,22H,15-16H2,(H,26,31)(H,27,28,29,30)/b14-11+. The van der Waals surface area contributed by atoms with E-state index < -0.39 is 6.10 Å². The molecule has 9 nitrogen and oxygen atoms in total. The summed E-state index contributed by atoms with van der Waals surface area (Å²) in [5.41, 5.74) is 2.46. The van der Waals surface area contributed by atoms with Crippen LogP contribution in [0.5, 0.6) is 17.2 Å². The number of aromatic amines is 1. The molecule has 0 spiro atoms. The highest BCUT2D eigenvalue weighted by atomic mass is 16.6. The van der Waals surface area contributed by atoms with E-state index >= 15 is 0 Å². The smallest absolute Gasteiger partial charge is 0.248 e. The highest BCUT2D eigenvalue weighted by molar-refractivity contribution is 6.03. The number of benzene rings is 3. The number of ether oxygens (including phenoxy) is 3. The maximum absolute atomic E-state index is 12.5. The third-order valence-electron chi connectivity index (χ3n) is 5.09. The molecule has 1 aromatic heterocycles. The lowest BCUT2D eigenvalue weighted by Gasteiger charge is -2.26. The lowest BCUT2D eigenvalue weighted by atomic mass is 10.2. The molecule has 0 fully saturated rings. The van der Waals surface area contributed by atoms with Crippen molar-refractivity contribution in [2.24, 2.45) is 0 Å². The number of carbonyl (C=O) groups excluding carboxylic acids is 1. The highest BCUT2D eigenvalue weighted by Crippen LogP contribution is 2.41. The SMILES string of the molecule is O=C(/C=C/c1ccc(OCc2ccccc2)cc1)Nc1cccc2c1OC(c1nn[nH]n1)CO2. The molecule has 5 rings (SSSR count). The number of aromatic nitrogens is 4. The Kier molecular flexibility index (Phi) is 6.15. The molecule has 2 N–H and O–H groups in total. The second-order valence-electron chi connectivity index (χ2n) is 7.49. The largest absolute Gasteiger partial charge is 0.489 e. The molecule has 34 heavy (non-hydrogen) atoms. The average molecular weight is 455 g/mol. The van der Waals surface area contributed by atoms with Crippen LogP contribution in [0.2, 0.25) is 0 Å². The zero-order valence-electron chi connectivity index (χ0n) is 18.0. The average Bonchev–Trinajstić information content (AvgIpc) is 3.43. The Balaban J connectivity index is 1.20. The van der Waals surface area contributed by atoms with Gasteiger partial charge in [-0.3, -0.25) is 4.79 Å². The van der Waals surface area contributed by atoms with Gasteiger partial charge in [-0.25, -0.2) is 0 Å². The maximum Gasteiger partial charge on any atom is 0.248 e. The molecule has 0 aliphatic carbocycles. The third kappa shape index (κ3) is 5.04. The summed E-state index contributed by atoms with van der Waals surface area (Å²) in [5.74, 6) is 1.79. The fourth-order valence-electron chi connectivity index (χ4n) is 3.39.